The van der Waals surface area contributed by atoms with E-state index in [-0.39, 0.29) is 11.9 Å². The molecule has 30 heavy (non-hydrogen) atoms. The van der Waals surface area contributed by atoms with Crippen molar-refractivity contribution in [3.63, 3.8) is 0 Å². The first-order valence-electron chi connectivity index (χ1n) is 9.40. The molecule has 1 unspecified atom stereocenters. The fourth-order valence-electron chi connectivity index (χ4n) is 3.74. The minimum absolute atomic E-state index is 0.227. The van der Waals surface area contributed by atoms with Gasteiger partial charge in [0.25, 0.3) is 5.91 Å². The third-order valence-corrected chi connectivity index (χ3v) is 5.66. The van der Waals surface area contributed by atoms with E-state index in [0.717, 1.165) is 22.7 Å². The second kappa shape index (κ2) is 7.27. The minimum Gasteiger partial charge on any atom is -0.286 e. The predicted octanol–water partition coefficient (Wildman–Crippen LogP) is 5.58. The SMILES string of the molecule is Cc1nn(C(=O)c2ccc(Cl)cc2)c2c1C(c1ccc(Cl)cc1)N=C1C=CC=CN12. The third kappa shape index (κ3) is 3.07. The number of hydrogen-bond acceptors (Lipinski definition) is 4. The summed E-state index contributed by atoms with van der Waals surface area (Å²) in [6.07, 6.45) is 7.65. The Morgan fingerprint density at radius 3 is 2.33 bits per heavy atom. The number of nitrogens with zero attached hydrogens (tertiary/aromatic N) is 4. The molecule has 0 spiro atoms. The summed E-state index contributed by atoms with van der Waals surface area (Å²) >= 11 is 12.1. The topological polar surface area (TPSA) is 50.5 Å². The Balaban J connectivity index is 1.69. The molecule has 0 radical (unpaired) electrons. The van der Waals surface area contributed by atoms with Crippen LogP contribution in [0.1, 0.15) is 33.2 Å². The minimum atomic E-state index is -0.286. The first-order chi connectivity index (χ1) is 14.5. The van der Waals surface area contributed by atoms with Crippen LogP contribution in [-0.4, -0.2) is 21.5 Å². The molecule has 3 heterocycles. The van der Waals surface area contributed by atoms with E-state index in [9.17, 15) is 4.79 Å². The number of anilines is 1. The number of benzene rings is 2. The normalized spacial score (nSPS) is 16.8. The monoisotopic (exact) mass is 434 g/mol. The number of rotatable bonds is 2. The summed E-state index contributed by atoms with van der Waals surface area (Å²) in [6, 6.07) is 14.1. The van der Waals surface area contributed by atoms with Gasteiger partial charge in [0.15, 0.2) is 5.82 Å². The van der Waals surface area contributed by atoms with Gasteiger partial charge in [-0.15, -0.1) is 0 Å². The zero-order valence-electron chi connectivity index (χ0n) is 16.0. The van der Waals surface area contributed by atoms with Gasteiger partial charge in [-0.25, -0.2) is 0 Å². The van der Waals surface area contributed by atoms with E-state index >= 15 is 0 Å². The molecule has 0 bridgehead atoms. The van der Waals surface area contributed by atoms with Crippen molar-refractivity contribution in [3.8, 4) is 0 Å². The summed E-state index contributed by atoms with van der Waals surface area (Å²) in [4.78, 5) is 20.2. The van der Waals surface area contributed by atoms with Gasteiger partial charge in [0.1, 0.15) is 11.9 Å². The van der Waals surface area contributed by atoms with Crippen LogP contribution in [0.3, 0.4) is 0 Å². The van der Waals surface area contributed by atoms with Crippen molar-refractivity contribution < 1.29 is 4.79 Å². The molecule has 0 amide bonds. The van der Waals surface area contributed by atoms with Crippen molar-refractivity contribution in [3.05, 3.63) is 105 Å². The Morgan fingerprint density at radius 2 is 1.63 bits per heavy atom. The van der Waals surface area contributed by atoms with Crippen molar-refractivity contribution in [2.45, 2.75) is 13.0 Å². The van der Waals surface area contributed by atoms with Crippen molar-refractivity contribution in [2.75, 3.05) is 4.90 Å². The first kappa shape index (κ1) is 18.9. The van der Waals surface area contributed by atoms with Gasteiger partial charge in [-0.3, -0.25) is 14.7 Å². The highest BCUT2D eigenvalue weighted by Crippen LogP contribution is 2.41. The molecule has 0 aliphatic carbocycles. The summed E-state index contributed by atoms with van der Waals surface area (Å²) < 4.78 is 1.45. The lowest BCUT2D eigenvalue weighted by Crippen LogP contribution is -2.34. The number of aliphatic imine (C=N–C) groups is 1. The zero-order valence-corrected chi connectivity index (χ0v) is 17.5. The van der Waals surface area contributed by atoms with E-state index in [4.69, 9.17) is 28.2 Å². The Hall–Kier alpha value is -3.15. The lowest BCUT2D eigenvalue weighted by Gasteiger charge is -2.31. The third-order valence-electron chi connectivity index (χ3n) is 5.15. The molecule has 5 nitrogen and oxygen atoms in total. The average molecular weight is 435 g/mol. The van der Waals surface area contributed by atoms with Gasteiger partial charge in [0.2, 0.25) is 0 Å². The standard InChI is InChI=1S/C23H16Cl2N4O/c1-14-20-21(15-5-9-17(24)10-6-15)26-19-4-2-3-13-28(19)22(20)29(27-14)23(30)16-7-11-18(25)12-8-16/h2-13,21H,1H3. The second-order valence-corrected chi connectivity index (χ2v) is 7.93. The van der Waals surface area contributed by atoms with Gasteiger partial charge in [-0.1, -0.05) is 41.4 Å². The Bertz CT molecular complexity index is 1240. The number of carbonyl (C=O) groups is 1. The van der Waals surface area contributed by atoms with Gasteiger partial charge in [-0.05, 0) is 61.0 Å². The summed E-state index contributed by atoms with van der Waals surface area (Å²) in [5, 5.41) is 5.85. The molecule has 0 fully saturated rings. The molecule has 1 atom stereocenters. The maximum absolute atomic E-state index is 13.3. The van der Waals surface area contributed by atoms with Gasteiger partial charge in [-0.2, -0.15) is 9.78 Å². The number of hydrogen-bond donors (Lipinski definition) is 0. The molecule has 5 rings (SSSR count). The molecule has 0 saturated carbocycles. The maximum atomic E-state index is 13.3. The number of aromatic nitrogens is 2. The van der Waals surface area contributed by atoms with E-state index in [1.54, 1.807) is 24.3 Å². The quantitative estimate of drug-likeness (QED) is 0.528. The lowest BCUT2D eigenvalue weighted by atomic mass is 9.96. The van der Waals surface area contributed by atoms with Gasteiger partial charge < -0.3 is 0 Å². The lowest BCUT2D eigenvalue weighted by molar-refractivity contribution is 0.0947. The number of amidine groups is 1. The number of carbonyl (C=O) groups excluding carboxylic acids is 1. The fraction of sp³-hybridized carbons (Fsp3) is 0.0870. The summed E-state index contributed by atoms with van der Waals surface area (Å²) in [5.41, 5.74) is 3.13. The molecule has 7 heteroatoms. The van der Waals surface area contributed by atoms with Crippen LogP contribution in [0.25, 0.3) is 0 Å². The molecule has 1 aromatic heterocycles. The molecule has 2 aromatic carbocycles. The number of aryl methyl sites for hydroxylation is 1. The molecular weight excluding hydrogens is 419 g/mol. The second-order valence-electron chi connectivity index (χ2n) is 7.06. The molecule has 0 N–H and O–H groups in total. The number of allylic oxidation sites excluding steroid dienone is 2. The van der Waals surface area contributed by atoms with Crippen molar-refractivity contribution in [1.29, 1.82) is 0 Å². The van der Waals surface area contributed by atoms with Crippen LogP contribution in [0.5, 0.6) is 0 Å². The van der Waals surface area contributed by atoms with Gasteiger partial charge >= 0.3 is 0 Å². The largest absolute Gasteiger partial charge is 0.286 e. The molecule has 148 valence electrons. The summed E-state index contributed by atoms with van der Waals surface area (Å²) in [7, 11) is 0. The van der Waals surface area contributed by atoms with Crippen molar-refractivity contribution >= 4 is 40.8 Å². The highest BCUT2D eigenvalue weighted by molar-refractivity contribution is 6.31. The van der Waals surface area contributed by atoms with E-state index in [2.05, 4.69) is 5.10 Å². The highest BCUT2D eigenvalue weighted by Gasteiger charge is 2.35. The van der Waals surface area contributed by atoms with Crippen LogP contribution in [0.2, 0.25) is 10.0 Å². The van der Waals surface area contributed by atoms with Crippen LogP contribution in [-0.2, 0) is 0 Å². The fourth-order valence-corrected chi connectivity index (χ4v) is 3.99. The summed E-state index contributed by atoms with van der Waals surface area (Å²) in [5.74, 6) is 1.21. The van der Waals surface area contributed by atoms with Gasteiger partial charge in [0.05, 0.1) is 5.69 Å². The molecule has 3 aromatic rings. The van der Waals surface area contributed by atoms with Gasteiger partial charge in [0, 0.05) is 27.4 Å². The first-order valence-corrected chi connectivity index (χ1v) is 10.2. The van der Waals surface area contributed by atoms with Crippen molar-refractivity contribution in [2.24, 2.45) is 4.99 Å². The zero-order chi connectivity index (χ0) is 20.8. The molecule has 2 aliphatic rings. The van der Waals surface area contributed by atoms with Crippen LogP contribution in [0, 0.1) is 6.92 Å². The Labute approximate surface area is 183 Å². The van der Waals surface area contributed by atoms with E-state index < -0.39 is 0 Å². The smallest absolute Gasteiger partial charge is 0.280 e. The molecule has 2 aliphatic heterocycles. The molecular formula is C23H16Cl2N4O. The van der Waals surface area contributed by atoms with Crippen LogP contribution < -0.4 is 4.90 Å². The Kier molecular flexibility index (Phi) is 4.57. The highest BCUT2D eigenvalue weighted by atomic mass is 35.5. The number of fused-ring (bicyclic) bond motifs is 3. The van der Waals surface area contributed by atoms with Crippen LogP contribution >= 0.6 is 23.2 Å². The van der Waals surface area contributed by atoms with E-state index in [1.807, 2.05) is 60.5 Å². The molecule has 0 saturated heterocycles. The maximum Gasteiger partial charge on any atom is 0.280 e. The number of halogens is 2. The predicted molar refractivity (Wildman–Crippen MR) is 120 cm³/mol. The van der Waals surface area contributed by atoms with Crippen molar-refractivity contribution in [1.82, 2.24) is 9.78 Å². The van der Waals surface area contributed by atoms with Crippen LogP contribution in [0.4, 0.5) is 5.82 Å². The van der Waals surface area contributed by atoms with E-state index in [0.29, 0.717) is 21.4 Å². The summed E-state index contributed by atoms with van der Waals surface area (Å²) in [6.45, 7) is 1.90. The van der Waals surface area contributed by atoms with E-state index in [1.165, 1.54) is 4.68 Å². The van der Waals surface area contributed by atoms with Crippen LogP contribution in [0.15, 0.2) is 78.0 Å². The Morgan fingerprint density at radius 1 is 0.967 bits per heavy atom. The average Bonchev–Trinajstić information content (AvgIpc) is 3.11.